The number of benzene rings is 1. The van der Waals surface area contributed by atoms with Crippen molar-refractivity contribution in [1.29, 1.82) is 0 Å². The number of fused-ring (bicyclic) bond motifs is 1. The Morgan fingerprint density at radius 3 is 2.87 bits per heavy atom. The molecular weight excluding hydrogens is 306 g/mol. The third-order valence-electron chi connectivity index (χ3n) is 4.48. The van der Waals surface area contributed by atoms with Gasteiger partial charge in [0.2, 0.25) is 0 Å². The molecule has 0 aliphatic heterocycles. The molecule has 1 aliphatic carbocycles. The molecule has 1 aliphatic rings. The molecule has 124 valence electrons. The van der Waals surface area contributed by atoms with Gasteiger partial charge < -0.3 is 5.11 Å². The molecule has 5 heteroatoms. The number of aromatic nitrogens is 2. The number of hydrogen-bond acceptors (Lipinski definition) is 5. The van der Waals surface area contributed by atoms with Gasteiger partial charge in [0, 0.05) is 18.5 Å². The van der Waals surface area contributed by atoms with Crippen molar-refractivity contribution in [1.82, 2.24) is 15.1 Å². The lowest BCUT2D eigenvalue weighted by molar-refractivity contribution is 0.131. The monoisotopic (exact) mass is 331 g/mol. The Hall–Kier alpha value is -1.30. The minimum absolute atomic E-state index is 0.175. The van der Waals surface area contributed by atoms with Gasteiger partial charge in [-0.2, -0.15) is 0 Å². The highest BCUT2D eigenvalue weighted by molar-refractivity contribution is 7.11. The summed E-state index contributed by atoms with van der Waals surface area (Å²) in [5.41, 5.74) is 2.87. The van der Waals surface area contributed by atoms with E-state index in [0.717, 1.165) is 29.4 Å². The molecule has 0 saturated carbocycles. The first-order valence-corrected chi connectivity index (χ1v) is 9.25. The average molecular weight is 331 g/mol. The van der Waals surface area contributed by atoms with Crippen molar-refractivity contribution in [2.24, 2.45) is 0 Å². The predicted octanol–water partition coefficient (Wildman–Crippen LogP) is 3.53. The van der Waals surface area contributed by atoms with Crippen LogP contribution in [0.15, 0.2) is 24.3 Å². The van der Waals surface area contributed by atoms with Crippen molar-refractivity contribution in [3.05, 3.63) is 45.4 Å². The minimum Gasteiger partial charge on any atom is -0.395 e. The number of aliphatic hydroxyl groups is 1. The molecule has 0 radical (unpaired) electrons. The van der Waals surface area contributed by atoms with Crippen LogP contribution in [0.25, 0.3) is 0 Å². The second-order valence-corrected chi connectivity index (χ2v) is 7.58. The van der Waals surface area contributed by atoms with Gasteiger partial charge in [-0.1, -0.05) is 49.4 Å². The van der Waals surface area contributed by atoms with Crippen molar-refractivity contribution in [2.75, 3.05) is 13.2 Å². The number of aliphatic hydroxyl groups excluding tert-OH is 1. The molecule has 3 rings (SSSR count). The third kappa shape index (κ3) is 3.79. The van der Waals surface area contributed by atoms with E-state index in [4.69, 9.17) is 0 Å². The summed E-state index contributed by atoms with van der Waals surface area (Å²) in [6.45, 7) is 5.91. The van der Waals surface area contributed by atoms with Crippen LogP contribution in [0.2, 0.25) is 0 Å². The molecule has 1 heterocycles. The van der Waals surface area contributed by atoms with Crippen LogP contribution in [0.1, 0.15) is 59.8 Å². The van der Waals surface area contributed by atoms with E-state index in [-0.39, 0.29) is 6.61 Å². The average Bonchev–Trinajstić information content (AvgIpc) is 3.03. The van der Waals surface area contributed by atoms with Gasteiger partial charge in [-0.25, -0.2) is 0 Å². The van der Waals surface area contributed by atoms with E-state index in [1.165, 1.54) is 17.5 Å². The minimum atomic E-state index is 0.175. The summed E-state index contributed by atoms with van der Waals surface area (Å²) in [6, 6.07) is 9.09. The van der Waals surface area contributed by atoms with Crippen LogP contribution >= 0.6 is 11.3 Å². The summed E-state index contributed by atoms with van der Waals surface area (Å²) in [5.74, 6) is 0.419. The van der Waals surface area contributed by atoms with E-state index in [0.29, 0.717) is 18.5 Å². The highest BCUT2D eigenvalue weighted by atomic mass is 32.1. The Morgan fingerprint density at radius 2 is 2.13 bits per heavy atom. The van der Waals surface area contributed by atoms with Crippen molar-refractivity contribution in [3.63, 3.8) is 0 Å². The molecule has 0 saturated heterocycles. The Kier molecular flexibility index (Phi) is 5.41. The van der Waals surface area contributed by atoms with Crippen LogP contribution in [0.5, 0.6) is 0 Å². The summed E-state index contributed by atoms with van der Waals surface area (Å²) in [6.07, 6.45) is 3.51. The zero-order chi connectivity index (χ0) is 16.2. The number of rotatable bonds is 6. The SMILES string of the molecule is CC(C)c1nnc(CN(CCO)C2CCCc3ccccc32)s1. The van der Waals surface area contributed by atoms with Gasteiger partial charge in [0.1, 0.15) is 10.0 Å². The number of nitrogens with zero attached hydrogens (tertiary/aromatic N) is 3. The van der Waals surface area contributed by atoms with Gasteiger partial charge in [0.05, 0.1) is 13.2 Å². The van der Waals surface area contributed by atoms with E-state index in [2.05, 4.69) is 53.2 Å². The van der Waals surface area contributed by atoms with Gasteiger partial charge in [0.25, 0.3) is 0 Å². The maximum absolute atomic E-state index is 9.51. The van der Waals surface area contributed by atoms with E-state index in [1.54, 1.807) is 11.3 Å². The lowest BCUT2D eigenvalue weighted by Crippen LogP contribution is -2.33. The van der Waals surface area contributed by atoms with Crippen LogP contribution in [-0.2, 0) is 13.0 Å². The van der Waals surface area contributed by atoms with Crippen LogP contribution in [0.4, 0.5) is 0 Å². The van der Waals surface area contributed by atoms with Crippen molar-refractivity contribution in [3.8, 4) is 0 Å². The van der Waals surface area contributed by atoms with Crippen molar-refractivity contribution >= 4 is 11.3 Å². The van der Waals surface area contributed by atoms with Gasteiger partial charge in [0.15, 0.2) is 0 Å². The predicted molar refractivity (Wildman–Crippen MR) is 93.6 cm³/mol. The van der Waals surface area contributed by atoms with Crippen LogP contribution in [-0.4, -0.2) is 33.4 Å². The summed E-state index contributed by atoms with van der Waals surface area (Å²) in [4.78, 5) is 2.36. The van der Waals surface area contributed by atoms with Gasteiger partial charge in [-0.15, -0.1) is 10.2 Å². The molecule has 23 heavy (non-hydrogen) atoms. The molecule has 0 amide bonds. The molecule has 2 aromatic rings. The standard InChI is InChI=1S/C18H25N3OS/c1-13(2)18-20-19-17(23-18)12-21(10-11-22)16-9-5-7-14-6-3-4-8-15(14)16/h3-4,6,8,13,16,22H,5,7,9-12H2,1-2H3. The molecule has 1 aromatic carbocycles. The molecule has 0 bridgehead atoms. The van der Waals surface area contributed by atoms with Crippen molar-refractivity contribution in [2.45, 2.75) is 51.6 Å². The second-order valence-electron chi connectivity index (χ2n) is 6.49. The Morgan fingerprint density at radius 1 is 1.30 bits per heavy atom. The van der Waals surface area contributed by atoms with Gasteiger partial charge >= 0.3 is 0 Å². The Balaban J connectivity index is 1.81. The fourth-order valence-corrected chi connectivity index (χ4v) is 4.19. The quantitative estimate of drug-likeness (QED) is 0.880. The molecule has 1 atom stereocenters. The lowest BCUT2D eigenvalue weighted by atomic mass is 9.87. The molecule has 1 unspecified atom stereocenters. The van der Waals surface area contributed by atoms with Crippen LogP contribution < -0.4 is 0 Å². The molecule has 0 fully saturated rings. The second kappa shape index (κ2) is 7.51. The molecule has 1 N–H and O–H groups in total. The summed E-state index contributed by atoms with van der Waals surface area (Å²) >= 11 is 1.69. The number of aryl methyl sites for hydroxylation is 1. The Bertz CT molecular complexity index is 641. The molecular formula is C18H25N3OS. The smallest absolute Gasteiger partial charge is 0.131 e. The van der Waals surface area contributed by atoms with Crippen LogP contribution in [0, 0.1) is 0 Å². The first kappa shape index (κ1) is 16.6. The first-order valence-electron chi connectivity index (χ1n) is 8.44. The fraction of sp³-hybridized carbons (Fsp3) is 0.556. The maximum Gasteiger partial charge on any atom is 0.131 e. The lowest BCUT2D eigenvalue weighted by Gasteiger charge is -2.35. The normalized spacial score (nSPS) is 17.7. The van der Waals surface area contributed by atoms with E-state index >= 15 is 0 Å². The van der Waals surface area contributed by atoms with Crippen molar-refractivity contribution < 1.29 is 5.11 Å². The van der Waals surface area contributed by atoms with E-state index < -0.39 is 0 Å². The highest BCUT2D eigenvalue weighted by Gasteiger charge is 2.26. The summed E-state index contributed by atoms with van der Waals surface area (Å²) < 4.78 is 0. The zero-order valence-electron chi connectivity index (χ0n) is 13.9. The molecule has 1 aromatic heterocycles. The summed E-state index contributed by atoms with van der Waals surface area (Å²) in [7, 11) is 0. The van der Waals surface area contributed by atoms with Gasteiger partial charge in [-0.05, 0) is 30.4 Å². The molecule has 4 nitrogen and oxygen atoms in total. The fourth-order valence-electron chi connectivity index (χ4n) is 3.32. The zero-order valence-corrected chi connectivity index (χ0v) is 14.7. The maximum atomic E-state index is 9.51. The third-order valence-corrected chi connectivity index (χ3v) is 5.69. The van der Waals surface area contributed by atoms with Crippen LogP contribution in [0.3, 0.4) is 0 Å². The Labute approximate surface area is 142 Å². The first-order chi connectivity index (χ1) is 11.2. The summed E-state index contributed by atoms with van der Waals surface area (Å²) in [5, 5.41) is 20.3. The van der Waals surface area contributed by atoms with Gasteiger partial charge in [-0.3, -0.25) is 4.90 Å². The van der Waals surface area contributed by atoms with E-state index in [1.807, 2.05) is 0 Å². The number of hydrogen-bond donors (Lipinski definition) is 1. The topological polar surface area (TPSA) is 49.2 Å². The largest absolute Gasteiger partial charge is 0.395 e. The van der Waals surface area contributed by atoms with E-state index in [9.17, 15) is 5.11 Å². The highest BCUT2D eigenvalue weighted by Crippen LogP contribution is 2.35. The molecule has 0 spiro atoms.